The molecule has 0 bridgehead atoms. The average Bonchev–Trinajstić information content (AvgIpc) is 2.26. The highest BCUT2D eigenvalue weighted by atomic mass is 35.7. The van der Waals surface area contributed by atoms with E-state index in [1.165, 1.54) is 4.90 Å². The van der Waals surface area contributed by atoms with Gasteiger partial charge in [0, 0.05) is 23.3 Å². The maximum atomic E-state index is 12.2. The lowest BCUT2D eigenvalue weighted by Gasteiger charge is -2.35. The lowest BCUT2D eigenvalue weighted by atomic mass is 9.94. The third-order valence-corrected chi connectivity index (χ3v) is 4.35. The molecule has 0 aliphatic heterocycles. The number of carbonyl (C=O) groups is 1. The molecule has 0 aromatic rings. The van der Waals surface area contributed by atoms with Gasteiger partial charge in [0.25, 0.3) is 0 Å². The minimum Gasteiger partial charge on any atom is -0.444 e. The molecule has 0 saturated heterocycles. The Balaban J connectivity index is 2.74. The largest absolute Gasteiger partial charge is 0.444 e. The number of halogens is 1. The summed E-state index contributed by atoms with van der Waals surface area (Å²) >= 11 is 0. The van der Waals surface area contributed by atoms with Crippen molar-refractivity contribution in [3.05, 3.63) is 0 Å². The van der Waals surface area contributed by atoms with Crippen LogP contribution in [0.2, 0.25) is 0 Å². The van der Waals surface area contributed by atoms with Crippen LogP contribution in [-0.2, 0) is 13.8 Å². The fourth-order valence-corrected chi connectivity index (χ4v) is 2.97. The molecule has 0 heterocycles. The van der Waals surface area contributed by atoms with E-state index in [9.17, 15) is 13.2 Å². The van der Waals surface area contributed by atoms with E-state index < -0.39 is 20.7 Å². The van der Waals surface area contributed by atoms with Crippen LogP contribution in [0.25, 0.3) is 0 Å². The monoisotopic (exact) mass is 325 g/mol. The molecule has 0 N–H and O–H groups in total. The van der Waals surface area contributed by atoms with Crippen molar-refractivity contribution in [2.24, 2.45) is 0 Å². The molecule has 7 heteroatoms. The van der Waals surface area contributed by atoms with Crippen molar-refractivity contribution in [2.75, 3.05) is 12.3 Å². The standard InChI is InChI=1S/C13H24ClNO4S/c1-13(2,3)19-12(16)15(9-10-20(14,17)18)11-7-5-4-6-8-11/h11H,4-10H2,1-3H3. The molecular formula is C13H24ClNO4S. The van der Waals surface area contributed by atoms with Crippen molar-refractivity contribution in [1.82, 2.24) is 4.90 Å². The fourth-order valence-electron chi connectivity index (χ4n) is 2.34. The van der Waals surface area contributed by atoms with Gasteiger partial charge in [0.2, 0.25) is 9.05 Å². The Labute approximate surface area is 126 Å². The van der Waals surface area contributed by atoms with Crippen molar-refractivity contribution in [3.8, 4) is 0 Å². The Kier molecular flexibility index (Phi) is 6.13. The lowest BCUT2D eigenvalue weighted by Crippen LogP contribution is -2.46. The smallest absolute Gasteiger partial charge is 0.410 e. The maximum Gasteiger partial charge on any atom is 0.410 e. The Morgan fingerprint density at radius 1 is 1.25 bits per heavy atom. The van der Waals surface area contributed by atoms with Gasteiger partial charge >= 0.3 is 6.09 Å². The van der Waals surface area contributed by atoms with E-state index in [0.717, 1.165) is 32.1 Å². The summed E-state index contributed by atoms with van der Waals surface area (Å²) in [4.78, 5) is 13.8. The number of nitrogens with zero attached hydrogens (tertiary/aromatic N) is 1. The van der Waals surface area contributed by atoms with Crippen molar-refractivity contribution in [2.45, 2.75) is 64.5 Å². The second kappa shape index (κ2) is 6.98. The second-order valence-corrected chi connectivity index (χ2v) is 9.11. The predicted octanol–water partition coefficient (Wildman–Crippen LogP) is 3.12. The van der Waals surface area contributed by atoms with Gasteiger partial charge in [-0.3, -0.25) is 0 Å². The molecule has 5 nitrogen and oxygen atoms in total. The van der Waals surface area contributed by atoms with E-state index >= 15 is 0 Å². The van der Waals surface area contributed by atoms with Crippen LogP contribution in [-0.4, -0.2) is 43.4 Å². The molecule has 0 unspecified atom stereocenters. The summed E-state index contributed by atoms with van der Waals surface area (Å²) in [6.07, 6.45) is 4.59. The number of hydrogen-bond donors (Lipinski definition) is 0. The SMILES string of the molecule is CC(C)(C)OC(=O)N(CCS(=O)(=O)Cl)C1CCCCC1. The number of ether oxygens (including phenoxy) is 1. The van der Waals surface area contributed by atoms with Crippen LogP contribution in [0.1, 0.15) is 52.9 Å². The normalized spacial score (nSPS) is 17.8. The summed E-state index contributed by atoms with van der Waals surface area (Å²) in [6, 6.07) is 0.0528. The number of hydrogen-bond acceptors (Lipinski definition) is 4. The van der Waals surface area contributed by atoms with Gasteiger partial charge < -0.3 is 9.64 Å². The summed E-state index contributed by atoms with van der Waals surface area (Å²) in [5.74, 6) is -0.246. The maximum absolute atomic E-state index is 12.2. The Bertz CT molecular complexity index is 424. The van der Waals surface area contributed by atoms with Gasteiger partial charge in [-0.25, -0.2) is 13.2 Å². The highest BCUT2D eigenvalue weighted by molar-refractivity contribution is 8.13. The minimum absolute atomic E-state index is 0.0528. The summed E-state index contributed by atoms with van der Waals surface area (Å²) in [6.45, 7) is 5.47. The van der Waals surface area contributed by atoms with Crippen molar-refractivity contribution >= 4 is 25.8 Å². The van der Waals surface area contributed by atoms with Crippen LogP contribution in [0, 0.1) is 0 Å². The first-order valence-corrected chi connectivity index (χ1v) is 9.48. The van der Waals surface area contributed by atoms with Crippen molar-refractivity contribution in [1.29, 1.82) is 0 Å². The van der Waals surface area contributed by atoms with Gasteiger partial charge in [-0.1, -0.05) is 19.3 Å². The molecule has 1 aliphatic rings. The topological polar surface area (TPSA) is 63.7 Å². The molecule has 1 amide bonds. The lowest BCUT2D eigenvalue weighted by molar-refractivity contribution is 0.0138. The highest BCUT2D eigenvalue weighted by Gasteiger charge is 2.30. The zero-order valence-corrected chi connectivity index (χ0v) is 14.0. The zero-order chi connectivity index (χ0) is 15.4. The second-order valence-electron chi connectivity index (χ2n) is 6.21. The summed E-state index contributed by atoms with van der Waals surface area (Å²) in [5, 5.41) is 0. The number of amides is 1. The molecule has 1 saturated carbocycles. The van der Waals surface area contributed by atoms with Gasteiger partial charge in [-0.2, -0.15) is 0 Å². The Morgan fingerprint density at radius 3 is 2.25 bits per heavy atom. The first-order valence-electron chi connectivity index (χ1n) is 7.00. The third kappa shape index (κ3) is 6.79. The van der Waals surface area contributed by atoms with E-state index in [4.69, 9.17) is 15.4 Å². The van der Waals surface area contributed by atoms with Crippen molar-refractivity contribution < 1.29 is 17.9 Å². The molecule has 118 valence electrons. The molecule has 0 aromatic heterocycles. The van der Waals surface area contributed by atoms with E-state index in [0.29, 0.717) is 0 Å². The van der Waals surface area contributed by atoms with Gasteiger partial charge in [0.15, 0.2) is 0 Å². The van der Waals surface area contributed by atoms with E-state index in [2.05, 4.69) is 0 Å². The van der Waals surface area contributed by atoms with Crippen LogP contribution in [0.3, 0.4) is 0 Å². The molecule has 1 rings (SSSR count). The van der Waals surface area contributed by atoms with Crippen LogP contribution >= 0.6 is 10.7 Å². The fraction of sp³-hybridized carbons (Fsp3) is 0.923. The van der Waals surface area contributed by atoms with Crippen LogP contribution in [0.15, 0.2) is 0 Å². The van der Waals surface area contributed by atoms with Gasteiger partial charge in [-0.15, -0.1) is 0 Å². The van der Waals surface area contributed by atoms with Crippen LogP contribution in [0.4, 0.5) is 4.79 Å². The highest BCUT2D eigenvalue weighted by Crippen LogP contribution is 2.24. The predicted molar refractivity (Wildman–Crippen MR) is 79.5 cm³/mol. The van der Waals surface area contributed by atoms with Gasteiger partial charge in [-0.05, 0) is 33.6 Å². The Morgan fingerprint density at radius 2 is 1.80 bits per heavy atom. The van der Waals surface area contributed by atoms with Gasteiger partial charge in [0.05, 0.1) is 5.75 Å². The van der Waals surface area contributed by atoms with E-state index in [-0.39, 0.29) is 18.3 Å². The molecular weight excluding hydrogens is 302 g/mol. The molecule has 0 radical (unpaired) electrons. The number of rotatable bonds is 4. The molecule has 20 heavy (non-hydrogen) atoms. The Hall–Kier alpha value is -0.490. The summed E-state index contributed by atoms with van der Waals surface area (Å²) < 4.78 is 27.6. The molecule has 0 spiro atoms. The minimum atomic E-state index is -3.61. The summed E-state index contributed by atoms with van der Waals surface area (Å²) in [5.41, 5.74) is -0.593. The molecule has 1 aliphatic carbocycles. The van der Waals surface area contributed by atoms with E-state index in [1.54, 1.807) is 20.8 Å². The quantitative estimate of drug-likeness (QED) is 0.745. The number of carbonyl (C=O) groups excluding carboxylic acids is 1. The first-order chi connectivity index (χ1) is 9.08. The third-order valence-electron chi connectivity index (χ3n) is 3.22. The van der Waals surface area contributed by atoms with Crippen LogP contribution in [0.5, 0.6) is 0 Å². The van der Waals surface area contributed by atoms with E-state index in [1.807, 2.05) is 0 Å². The summed E-state index contributed by atoms with van der Waals surface area (Å²) in [7, 11) is 1.64. The first kappa shape index (κ1) is 17.6. The average molecular weight is 326 g/mol. The molecule has 0 aromatic carbocycles. The van der Waals surface area contributed by atoms with Gasteiger partial charge in [0.1, 0.15) is 5.60 Å². The van der Waals surface area contributed by atoms with Crippen LogP contribution < -0.4 is 0 Å². The molecule has 0 atom stereocenters. The van der Waals surface area contributed by atoms with Crippen molar-refractivity contribution in [3.63, 3.8) is 0 Å². The zero-order valence-electron chi connectivity index (χ0n) is 12.4. The molecule has 1 fully saturated rings.